The maximum atomic E-state index is 12.3. The Morgan fingerprint density at radius 3 is 2.72 bits per heavy atom. The van der Waals surface area contributed by atoms with E-state index in [0.29, 0.717) is 12.8 Å². The van der Waals surface area contributed by atoms with E-state index >= 15 is 0 Å². The number of amides is 1. The number of aliphatic carboxylic acids is 1. The van der Waals surface area contributed by atoms with Crippen molar-refractivity contribution in [3.05, 3.63) is 29.8 Å². The smallest absolute Gasteiger partial charge is 0.327 e. The van der Waals surface area contributed by atoms with Gasteiger partial charge in [-0.25, -0.2) is 4.79 Å². The summed E-state index contributed by atoms with van der Waals surface area (Å²) in [5.41, 5.74) is 1.68. The molecule has 4 heteroatoms. The Balaban J connectivity index is 2.40. The molecule has 0 saturated heterocycles. The lowest BCUT2D eigenvalue weighted by Crippen LogP contribution is -2.45. The molecule has 1 N–H and O–H groups in total. The molecule has 96 valence electrons. The van der Waals surface area contributed by atoms with E-state index < -0.39 is 12.0 Å². The molecule has 1 aliphatic heterocycles. The molecule has 2 atom stereocenters. The van der Waals surface area contributed by atoms with Gasteiger partial charge in [-0.05, 0) is 18.1 Å². The molecule has 1 aromatic carbocycles. The van der Waals surface area contributed by atoms with Gasteiger partial charge in [-0.1, -0.05) is 32.0 Å². The van der Waals surface area contributed by atoms with E-state index in [4.69, 9.17) is 0 Å². The van der Waals surface area contributed by atoms with E-state index in [0.717, 1.165) is 11.3 Å². The Kier molecular flexibility index (Phi) is 3.36. The number of hydrogen-bond donors (Lipinski definition) is 1. The molecule has 0 spiro atoms. The zero-order valence-corrected chi connectivity index (χ0v) is 10.6. The van der Waals surface area contributed by atoms with Gasteiger partial charge in [0.2, 0.25) is 5.91 Å². The Labute approximate surface area is 106 Å². The molecule has 0 fully saturated rings. The lowest BCUT2D eigenvalue weighted by Gasteiger charge is -2.25. The lowest BCUT2D eigenvalue weighted by molar-refractivity contribution is -0.140. The molecule has 2 unspecified atom stereocenters. The van der Waals surface area contributed by atoms with Crippen LogP contribution in [0.2, 0.25) is 0 Å². The number of carboxylic acid groups (broad SMARTS) is 1. The van der Waals surface area contributed by atoms with Gasteiger partial charge in [-0.15, -0.1) is 0 Å². The van der Waals surface area contributed by atoms with Crippen LogP contribution in [0.4, 0.5) is 5.69 Å². The van der Waals surface area contributed by atoms with Gasteiger partial charge in [0, 0.05) is 18.0 Å². The summed E-state index contributed by atoms with van der Waals surface area (Å²) in [4.78, 5) is 25.1. The molecule has 4 nitrogen and oxygen atoms in total. The van der Waals surface area contributed by atoms with Crippen LogP contribution in [0.3, 0.4) is 0 Å². The number of fused-ring (bicyclic) bond motifs is 1. The minimum absolute atomic E-state index is 0.102. The number of carboxylic acids is 1. The van der Waals surface area contributed by atoms with E-state index in [9.17, 15) is 14.7 Å². The first-order valence-electron chi connectivity index (χ1n) is 6.20. The molecular formula is C14H17NO3. The zero-order valence-electron chi connectivity index (χ0n) is 10.6. The lowest BCUT2D eigenvalue weighted by atomic mass is 10.1. The van der Waals surface area contributed by atoms with E-state index in [1.807, 2.05) is 38.1 Å². The van der Waals surface area contributed by atoms with E-state index in [2.05, 4.69) is 0 Å². The fourth-order valence-corrected chi connectivity index (χ4v) is 2.27. The first-order chi connectivity index (χ1) is 8.56. The molecule has 2 rings (SSSR count). The van der Waals surface area contributed by atoms with E-state index in [-0.39, 0.29) is 11.8 Å². The van der Waals surface area contributed by atoms with Crippen LogP contribution in [0.5, 0.6) is 0 Å². The summed E-state index contributed by atoms with van der Waals surface area (Å²) in [7, 11) is 0. The standard InChI is InChI=1S/C14H17NO3/c1-3-9(2)13(16)15-11-7-5-4-6-10(11)8-12(15)14(17)18/h4-7,9,12H,3,8H2,1-2H3,(H,17,18). The topological polar surface area (TPSA) is 57.6 Å². The maximum absolute atomic E-state index is 12.3. The second kappa shape index (κ2) is 4.80. The van der Waals surface area contributed by atoms with E-state index in [1.165, 1.54) is 4.90 Å². The van der Waals surface area contributed by atoms with Crippen LogP contribution in [0.25, 0.3) is 0 Å². The molecule has 0 radical (unpaired) electrons. The largest absolute Gasteiger partial charge is 0.480 e. The van der Waals surface area contributed by atoms with Crippen molar-refractivity contribution >= 4 is 17.6 Å². The Hall–Kier alpha value is -1.84. The SMILES string of the molecule is CCC(C)C(=O)N1c2ccccc2CC1C(=O)O. The summed E-state index contributed by atoms with van der Waals surface area (Å²) in [5, 5.41) is 9.27. The average molecular weight is 247 g/mol. The number of nitrogens with zero attached hydrogens (tertiary/aromatic N) is 1. The highest BCUT2D eigenvalue weighted by Gasteiger charge is 2.39. The fraction of sp³-hybridized carbons (Fsp3) is 0.429. The van der Waals surface area contributed by atoms with Crippen molar-refractivity contribution < 1.29 is 14.7 Å². The minimum Gasteiger partial charge on any atom is -0.480 e. The van der Waals surface area contributed by atoms with Crippen LogP contribution in [0.1, 0.15) is 25.8 Å². The third-order valence-corrected chi connectivity index (χ3v) is 3.53. The second-order valence-electron chi connectivity index (χ2n) is 4.70. The van der Waals surface area contributed by atoms with Gasteiger partial charge in [-0.2, -0.15) is 0 Å². The number of benzene rings is 1. The highest BCUT2D eigenvalue weighted by molar-refractivity contribution is 6.02. The predicted molar refractivity (Wildman–Crippen MR) is 68.5 cm³/mol. The van der Waals surface area contributed by atoms with Crippen LogP contribution in [0, 0.1) is 5.92 Å². The third kappa shape index (κ3) is 1.98. The van der Waals surface area contributed by atoms with Crippen molar-refractivity contribution in [3.8, 4) is 0 Å². The van der Waals surface area contributed by atoms with Gasteiger partial charge in [0.15, 0.2) is 0 Å². The Morgan fingerprint density at radius 1 is 1.44 bits per heavy atom. The summed E-state index contributed by atoms with van der Waals surface area (Å²) >= 11 is 0. The highest BCUT2D eigenvalue weighted by atomic mass is 16.4. The van der Waals surface area contributed by atoms with Gasteiger partial charge in [0.1, 0.15) is 6.04 Å². The molecule has 0 bridgehead atoms. The number of rotatable bonds is 3. The number of hydrogen-bond acceptors (Lipinski definition) is 2. The Morgan fingerprint density at radius 2 is 2.11 bits per heavy atom. The van der Waals surface area contributed by atoms with Crippen molar-refractivity contribution in [2.45, 2.75) is 32.7 Å². The quantitative estimate of drug-likeness (QED) is 0.889. The highest BCUT2D eigenvalue weighted by Crippen LogP contribution is 2.33. The van der Waals surface area contributed by atoms with Crippen LogP contribution < -0.4 is 4.90 Å². The van der Waals surface area contributed by atoms with Gasteiger partial charge in [-0.3, -0.25) is 9.69 Å². The number of carbonyl (C=O) groups excluding carboxylic acids is 1. The predicted octanol–water partition coefficient (Wildman–Crippen LogP) is 2.08. The van der Waals surface area contributed by atoms with E-state index in [1.54, 1.807) is 0 Å². The van der Waals surface area contributed by atoms with Crippen LogP contribution >= 0.6 is 0 Å². The monoisotopic (exact) mass is 247 g/mol. The molecule has 1 amide bonds. The summed E-state index contributed by atoms with van der Waals surface area (Å²) in [6.07, 6.45) is 1.11. The first-order valence-corrected chi connectivity index (χ1v) is 6.20. The van der Waals surface area contributed by atoms with Crippen molar-refractivity contribution in [3.63, 3.8) is 0 Å². The normalized spacial score (nSPS) is 19.4. The van der Waals surface area contributed by atoms with Gasteiger partial charge >= 0.3 is 5.97 Å². The summed E-state index contributed by atoms with van der Waals surface area (Å²) < 4.78 is 0. The van der Waals surface area contributed by atoms with Crippen LogP contribution in [-0.4, -0.2) is 23.0 Å². The summed E-state index contributed by atoms with van der Waals surface area (Å²) in [5.74, 6) is -1.20. The molecule has 1 aliphatic rings. The molecule has 1 aromatic rings. The second-order valence-corrected chi connectivity index (χ2v) is 4.70. The maximum Gasteiger partial charge on any atom is 0.327 e. The van der Waals surface area contributed by atoms with Gasteiger partial charge in [0.05, 0.1) is 0 Å². The fourth-order valence-electron chi connectivity index (χ4n) is 2.27. The first kappa shape index (κ1) is 12.6. The van der Waals surface area contributed by atoms with Crippen LogP contribution in [-0.2, 0) is 16.0 Å². The van der Waals surface area contributed by atoms with Crippen LogP contribution in [0.15, 0.2) is 24.3 Å². The Bertz CT molecular complexity index is 484. The van der Waals surface area contributed by atoms with Crippen molar-refractivity contribution in [2.24, 2.45) is 5.92 Å². The number of anilines is 1. The average Bonchev–Trinajstić information content (AvgIpc) is 2.76. The number of para-hydroxylation sites is 1. The molecule has 0 aliphatic carbocycles. The molecule has 0 saturated carbocycles. The molecular weight excluding hydrogens is 230 g/mol. The summed E-state index contributed by atoms with van der Waals surface area (Å²) in [6.45, 7) is 3.77. The third-order valence-electron chi connectivity index (χ3n) is 3.53. The van der Waals surface area contributed by atoms with Gasteiger partial charge in [0.25, 0.3) is 0 Å². The van der Waals surface area contributed by atoms with Crippen molar-refractivity contribution in [2.75, 3.05) is 4.90 Å². The molecule has 18 heavy (non-hydrogen) atoms. The molecule has 1 heterocycles. The minimum atomic E-state index is -0.942. The number of carbonyl (C=O) groups is 2. The van der Waals surface area contributed by atoms with Gasteiger partial charge < -0.3 is 5.11 Å². The molecule has 0 aromatic heterocycles. The summed E-state index contributed by atoms with van der Waals surface area (Å²) in [6, 6.07) is 6.65. The van der Waals surface area contributed by atoms with Crippen molar-refractivity contribution in [1.29, 1.82) is 0 Å². The van der Waals surface area contributed by atoms with Crippen molar-refractivity contribution in [1.82, 2.24) is 0 Å². The zero-order chi connectivity index (χ0) is 13.3.